The zero-order valence-corrected chi connectivity index (χ0v) is 17.5. The first-order valence-electron chi connectivity index (χ1n) is 8.93. The van der Waals surface area contributed by atoms with E-state index in [1.807, 2.05) is 6.92 Å². The van der Waals surface area contributed by atoms with Gasteiger partial charge in [0.2, 0.25) is 0 Å². The molecule has 1 aliphatic heterocycles. The highest BCUT2D eigenvalue weighted by Crippen LogP contribution is 2.36. The van der Waals surface area contributed by atoms with Gasteiger partial charge < -0.3 is 9.47 Å². The largest absolute Gasteiger partial charge is 0.493 e. The third kappa shape index (κ3) is 4.92. The highest BCUT2D eigenvalue weighted by Gasteiger charge is 2.35. The van der Waals surface area contributed by atoms with E-state index in [0.717, 1.165) is 29.1 Å². The molecule has 1 saturated heterocycles. The van der Waals surface area contributed by atoms with E-state index >= 15 is 0 Å². The lowest BCUT2D eigenvalue weighted by atomic mass is 10.1. The molecule has 8 heteroatoms. The van der Waals surface area contributed by atoms with Crippen LogP contribution in [-0.2, 0) is 11.3 Å². The van der Waals surface area contributed by atoms with Crippen molar-refractivity contribution in [2.75, 3.05) is 13.7 Å². The number of methoxy groups -OCH3 is 1. The summed E-state index contributed by atoms with van der Waals surface area (Å²) in [7, 11) is 1.54. The Hall–Kier alpha value is -2.51. The second-order valence-electron chi connectivity index (χ2n) is 6.26. The molecule has 1 heterocycles. The normalized spacial score (nSPS) is 15.3. The number of halogens is 2. The van der Waals surface area contributed by atoms with E-state index in [-0.39, 0.29) is 16.5 Å². The van der Waals surface area contributed by atoms with Crippen molar-refractivity contribution < 1.29 is 23.5 Å². The van der Waals surface area contributed by atoms with E-state index in [1.54, 1.807) is 24.3 Å². The van der Waals surface area contributed by atoms with Crippen LogP contribution in [0.2, 0.25) is 5.02 Å². The summed E-state index contributed by atoms with van der Waals surface area (Å²) in [5.41, 5.74) is 1.20. The Bertz CT molecular complexity index is 979. The molecule has 0 atom stereocenters. The van der Waals surface area contributed by atoms with Gasteiger partial charge in [0.25, 0.3) is 11.1 Å². The fraction of sp³-hybridized carbons (Fsp3) is 0.238. The summed E-state index contributed by atoms with van der Waals surface area (Å²) >= 11 is 6.86. The summed E-state index contributed by atoms with van der Waals surface area (Å²) in [6, 6.07) is 9.16. The molecule has 0 saturated carbocycles. The third-order valence-electron chi connectivity index (χ3n) is 4.16. The lowest BCUT2D eigenvalue weighted by molar-refractivity contribution is -0.123. The summed E-state index contributed by atoms with van der Waals surface area (Å²) in [5.74, 6) is 0.258. The number of nitrogens with zero attached hydrogens (tertiary/aromatic N) is 1. The number of carbonyl (C=O) groups is 2. The molecule has 0 aromatic heterocycles. The maximum Gasteiger partial charge on any atom is 0.293 e. The Morgan fingerprint density at radius 3 is 2.66 bits per heavy atom. The number of imide groups is 1. The van der Waals surface area contributed by atoms with Gasteiger partial charge in [0.05, 0.1) is 25.2 Å². The van der Waals surface area contributed by atoms with Crippen LogP contribution in [0.25, 0.3) is 6.08 Å². The van der Waals surface area contributed by atoms with E-state index in [4.69, 9.17) is 21.1 Å². The number of rotatable bonds is 7. The maximum absolute atomic E-state index is 13.2. The second kappa shape index (κ2) is 9.33. The molecule has 0 spiro atoms. The smallest absolute Gasteiger partial charge is 0.293 e. The standard InChI is InChI=1S/C21H19ClFNO4S/c1-3-8-28-17-7-4-13(9-18(17)27-2)10-19-20(25)24(21(26)29-19)12-14-5-6-15(23)11-16(14)22/h4-7,9-11H,3,8,12H2,1-2H3/b19-10-. The molecule has 152 valence electrons. The molecule has 0 N–H and O–H groups in total. The first kappa shape index (κ1) is 21.2. The van der Waals surface area contributed by atoms with Crippen molar-refractivity contribution in [3.63, 3.8) is 0 Å². The Kier molecular flexibility index (Phi) is 6.82. The van der Waals surface area contributed by atoms with Crippen LogP contribution in [0.1, 0.15) is 24.5 Å². The zero-order valence-electron chi connectivity index (χ0n) is 15.9. The topological polar surface area (TPSA) is 55.8 Å². The first-order chi connectivity index (χ1) is 13.9. The van der Waals surface area contributed by atoms with Crippen LogP contribution in [-0.4, -0.2) is 29.8 Å². The Balaban J connectivity index is 1.80. The maximum atomic E-state index is 13.2. The molecule has 3 rings (SSSR count). The van der Waals surface area contributed by atoms with Gasteiger partial charge in [-0.3, -0.25) is 14.5 Å². The molecule has 0 aliphatic carbocycles. The number of amides is 2. The zero-order chi connectivity index (χ0) is 21.0. The molecule has 1 aliphatic rings. The quantitative estimate of drug-likeness (QED) is 0.536. The van der Waals surface area contributed by atoms with Gasteiger partial charge in [-0.2, -0.15) is 0 Å². The SMILES string of the molecule is CCCOc1ccc(/C=C2\SC(=O)N(Cc3ccc(F)cc3Cl)C2=O)cc1OC. The summed E-state index contributed by atoms with van der Waals surface area (Å²) in [6.07, 6.45) is 2.50. The van der Waals surface area contributed by atoms with E-state index in [1.165, 1.54) is 19.2 Å². The second-order valence-corrected chi connectivity index (χ2v) is 7.66. The number of ether oxygens (including phenoxy) is 2. The number of hydrogen-bond acceptors (Lipinski definition) is 5. The average molecular weight is 436 g/mol. The monoisotopic (exact) mass is 435 g/mol. The molecule has 0 bridgehead atoms. The van der Waals surface area contributed by atoms with Crippen molar-refractivity contribution in [3.05, 3.63) is 63.3 Å². The van der Waals surface area contributed by atoms with E-state index < -0.39 is 17.0 Å². The van der Waals surface area contributed by atoms with Gasteiger partial charge in [0.15, 0.2) is 11.5 Å². The molecule has 0 unspecified atom stereocenters. The van der Waals surface area contributed by atoms with Crippen LogP contribution < -0.4 is 9.47 Å². The predicted molar refractivity (Wildman–Crippen MR) is 112 cm³/mol. The van der Waals surface area contributed by atoms with Gasteiger partial charge in [-0.05, 0) is 59.7 Å². The molecule has 1 fully saturated rings. The van der Waals surface area contributed by atoms with Crippen molar-refractivity contribution in [2.24, 2.45) is 0 Å². The highest BCUT2D eigenvalue weighted by atomic mass is 35.5. The minimum absolute atomic E-state index is 0.0196. The fourth-order valence-electron chi connectivity index (χ4n) is 2.71. The van der Waals surface area contributed by atoms with Crippen molar-refractivity contribution in [2.45, 2.75) is 19.9 Å². The lowest BCUT2D eigenvalue weighted by Crippen LogP contribution is -2.27. The molecule has 5 nitrogen and oxygen atoms in total. The Morgan fingerprint density at radius 1 is 1.17 bits per heavy atom. The van der Waals surface area contributed by atoms with E-state index in [0.29, 0.717) is 29.2 Å². The Morgan fingerprint density at radius 2 is 1.97 bits per heavy atom. The van der Waals surface area contributed by atoms with Gasteiger partial charge in [-0.25, -0.2) is 4.39 Å². The van der Waals surface area contributed by atoms with Crippen molar-refractivity contribution in [1.29, 1.82) is 0 Å². The summed E-state index contributed by atoms with van der Waals surface area (Å²) < 4.78 is 24.2. The fourth-order valence-corrected chi connectivity index (χ4v) is 3.78. The van der Waals surface area contributed by atoms with Crippen LogP contribution in [0, 0.1) is 5.82 Å². The van der Waals surface area contributed by atoms with Crippen LogP contribution in [0.5, 0.6) is 11.5 Å². The predicted octanol–water partition coefficient (Wildman–Crippen LogP) is 5.51. The van der Waals surface area contributed by atoms with Gasteiger partial charge in [-0.15, -0.1) is 0 Å². The molecule has 2 aromatic rings. The molecule has 2 amide bonds. The van der Waals surface area contributed by atoms with Crippen LogP contribution in [0.3, 0.4) is 0 Å². The Labute approximate surface area is 177 Å². The summed E-state index contributed by atoms with van der Waals surface area (Å²) in [6.45, 7) is 2.56. The van der Waals surface area contributed by atoms with Crippen LogP contribution >= 0.6 is 23.4 Å². The molecule has 0 radical (unpaired) electrons. The van der Waals surface area contributed by atoms with E-state index in [2.05, 4.69) is 0 Å². The summed E-state index contributed by atoms with van der Waals surface area (Å²) in [4.78, 5) is 26.4. The van der Waals surface area contributed by atoms with Crippen LogP contribution in [0.15, 0.2) is 41.3 Å². The molecular weight excluding hydrogens is 417 g/mol. The van der Waals surface area contributed by atoms with Gasteiger partial charge in [0, 0.05) is 5.02 Å². The molecular formula is C21H19ClFNO4S. The highest BCUT2D eigenvalue weighted by molar-refractivity contribution is 8.18. The van der Waals surface area contributed by atoms with Crippen molar-refractivity contribution >= 4 is 40.6 Å². The van der Waals surface area contributed by atoms with Gasteiger partial charge in [-0.1, -0.05) is 30.7 Å². The minimum atomic E-state index is -0.479. The molecule has 2 aromatic carbocycles. The van der Waals surface area contributed by atoms with Crippen molar-refractivity contribution in [1.82, 2.24) is 4.90 Å². The van der Waals surface area contributed by atoms with Crippen molar-refractivity contribution in [3.8, 4) is 11.5 Å². The number of thioether (sulfide) groups is 1. The minimum Gasteiger partial charge on any atom is -0.493 e. The number of benzene rings is 2. The first-order valence-corrected chi connectivity index (χ1v) is 10.1. The summed E-state index contributed by atoms with van der Waals surface area (Å²) in [5, 5.41) is -0.239. The lowest BCUT2D eigenvalue weighted by Gasteiger charge is -2.13. The number of hydrogen-bond donors (Lipinski definition) is 0. The van der Waals surface area contributed by atoms with E-state index in [9.17, 15) is 14.0 Å². The third-order valence-corrected chi connectivity index (χ3v) is 5.42. The number of carbonyl (C=O) groups excluding carboxylic acids is 2. The average Bonchev–Trinajstić information content (AvgIpc) is 2.96. The van der Waals surface area contributed by atoms with Gasteiger partial charge in [0.1, 0.15) is 5.82 Å². The van der Waals surface area contributed by atoms with Gasteiger partial charge >= 0.3 is 0 Å². The van der Waals surface area contributed by atoms with Crippen LogP contribution in [0.4, 0.5) is 9.18 Å². The molecule has 29 heavy (non-hydrogen) atoms.